The van der Waals surface area contributed by atoms with E-state index in [1.165, 1.54) is 0 Å². The smallest absolute Gasteiger partial charge is 0.340 e. The van der Waals surface area contributed by atoms with Gasteiger partial charge in [-0.2, -0.15) is 0 Å². The maximum Gasteiger partial charge on any atom is 0.340 e. The highest BCUT2D eigenvalue weighted by Gasteiger charge is 2.31. The van der Waals surface area contributed by atoms with Gasteiger partial charge in [-0.1, -0.05) is 20.4 Å². The number of anilines is 2. The first-order valence-electron chi connectivity index (χ1n) is 9.28. The van der Waals surface area contributed by atoms with Crippen molar-refractivity contribution in [1.29, 1.82) is 0 Å². The quantitative estimate of drug-likeness (QED) is 0.671. The second kappa shape index (κ2) is 7.50. The monoisotopic (exact) mass is 382 g/mol. The van der Waals surface area contributed by atoms with Crippen molar-refractivity contribution >= 4 is 23.4 Å². The number of nitrogens with two attached hydrogens (primary N) is 2. The molecular weight excluding hydrogens is 356 g/mol. The van der Waals surface area contributed by atoms with Crippen LogP contribution in [0.5, 0.6) is 0 Å². The minimum Gasteiger partial charge on any atom is -0.490 e. The summed E-state index contributed by atoms with van der Waals surface area (Å²) in [5, 5.41) is 0. The molecule has 0 aromatic carbocycles. The van der Waals surface area contributed by atoms with Gasteiger partial charge in [-0.15, -0.1) is 0 Å². The third-order valence-corrected chi connectivity index (χ3v) is 5.30. The fraction of sp³-hybridized carbons (Fsp3) is 0.381. The van der Waals surface area contributed by atoms with Crippen molar-refractivity contribution in [2.24, 2.45) is 0 Å². The lowest BCUT2D eigenvalue weighted by Crippen LogP contribution is -2.29. The molecule has 4 N–H and O–H groups in total. The first-order chi connectivity index (χ1) is 13.2. The van der Waals surface area contributed by atoms with Gasteiger partial charge in [-0.3, -0.25) is 0 Å². The Bertz CT molecular complexity index is 852. The van der Waals surface area contributed by atoms with Gasteiger partial charge in [0.15, 0.2) is 0 Å². The molecule has 148 valence electrons. The highest BCUT2D eigenvalue weighted by Crippen LogP contribution is 2.35. The lowest BCUT2D eigenvalue weighted by atomic mass is 9.93. The van der Waals surface area contributed by atoms with Crippen LogP contribution in [0, 0.1) is 0 Å². The van der Waals surface area contributed by atoms with E-state index in [1.54, 1.807) is 18.2 Å². The number of fused-ring (bicyclic) bond motifs is 2. The van der Waals surface area contributed by atoms with Crippen molar-refractivity contribution in [1.82, 2.24) is 9.97 Å². The SMILES string of the molecule is C=C1O[C@@H](C)[C@@H](C)c2nc(N)ccc21.C[C@@H]1c2nc(N)ccc2C(=O)O[C@@H]1C. The number of esters is 1. The van der Waals surface area contributed by atoms with Crippen molar-refractivity contribution in [2.45, 2.75) is 51.7 Å². The molecule has 2 aliphatic rings. The van der Waals surface area contributed by atoms with Crippen LogP contribution in [0.25, 0.3) is 5.76 Å². The molecule has 0 radical (unpaired) electrons. The van der Waals surface area contributed by atoms with E-state index in [-0.39, 0.29) is 30.0 Å². The molecule has 0 bridgehead atoms. The lowest BCUT2D eigenvalue weighted by molar-refractivity contribution is 0.0235. The summed E-state index contributed by atoms with van der Waals surface area (Å²) in [6, 6.07) is 6.98. The molecule has 2 aromatic rings. The normalized spacial score (nSPS) is 25.4. The van der Waals surface area contributed by atoms with E-state index < -0.39 is 0 Å². The van der Waals surface area contributed by atoms with Crippen molar-refractivity contribution in [2.75, 3.05) is 11.5 Å². The second-order valence-corrected chi connectivity index (χ2v) is 7.27. The Labute approximate surface area is 164 Å². The van der Waals surface area contributed by atoms with Crippen LogP contribution in [0.2, 0.25) is 0 Å². The van der Waals surface area contributed by atoms with Crippen LogP contribution in [-0.4, -0.2) is 28.1 Å². The minimum atomic E-state index is -0.307. The van der Waals surface area contributed by atoms with Crippen LogP contribution in [-0.2, 0) is 9.47 Å². The number of carbonyl (C=O) groups excluding carboxylic acids is 1. The molecule has 0 amide bonds. The summed E-state index contributed by atoms with van der Waals surface area (Å²) in [5.41, 5.74) is 14.5. The molecule has 0 saturated heterocycles. The van der Waals surface area contributed by atoms with E-state index in [2.05, 4.69) is 23.5 Å². The Balaban J connectivity index is 0.000000161. The number of carbonyl (C=O) groups is 1. The Morgan fingerprint density at radius 1 is 0.821 bits per heavy atom. The predicted molar refractivity (Wildman–Crippen MR) is 109 cm³/mol. The van der Waals surface area contributed by atoms with E-state index >= 15 is 0 Å². The van der Waals surface area contributed by atoms with Gasteiger partial charge in [-0.05, 0) is 38.1 Å². The number of ether oxygens (including phenoxy) is 2. The van der Waals surface area contributed by atoms with Crippen LogP contribution in [0.1, 0.15) is 66.8 Å². The van der Waals surface area contributed by atoms with Crippen molar-refractivity contribution in [3.05, 3.63) is 53.4 Å². The number of rotatable bonds is 0. The average Bonchev–Trinajstić information content (AvgIpc) is 2.64. The number of pyridine rings is 2. The number of aromatic nitrogens is 2. The van der Waals surface area contributed by atoms with Crippen LogP contribution < -0.4 is 11.5 Å². The van der Waals surface area contributed by atoms with Gasteiger partial charge < -0.3 is 20.9 Å². The molecule has 2 aliphatic heterocycles. The molecule has 28 heavy (non-hydrogen) atoms. The highest BCUT2D eigenvalue weighted by atomic mass is 16.5. The highest BCUT2D eigenvalue weighted by molar-refractivity contribution is 5.92. The standard InChI is InChI=1S/C11H14N2O.C10H12N2O2/c1-6-7(2)14-8(3)9-4-5-10(12)13-11(6)9;1-5-6(2)14-10(13)7-3-4-8(11)12-9(5)7/h4-7H,3H2,1-2H3,(H2,12,13);3-6H,1-2H3,(H2,11,12)/t6-,7+;5-,6+/m10/s1. The first-order valence-corrected chi connectivity index (χ1v) is 9.28. The zero-order chi connectivity index (χ0) is 20.6. The van der Waals surface area contributed by atoms with Gasteiger partial charge in [0, 0.05) is 17.4 Å². The van der Waals surface area contributed by atoms with Gasteiger partial charge in [-0.25, -0.2) is 14.8 Å². The van der Waals surface area contributed by atoms with Crippen LogP contribution in [0.4, 0.5) is 11.6 Å². The summed E-state index contributed by atoms with van der Waals surface area (Å²) in [6.07, 6.45) is -0.0198. The number of nitrogens with zero attached hydrogens (tertiary/aromatic N) is 2. The molecule has 0 spiro atoms. The molecule has 7 nitrogen and oxygen atoms in total. The maximum atomic E-state index is 11.4. The molecule has 0 fully saturated rings. The van der Waals surface area contributed by atoms with Crippen molar-refractivity contribution in [3.8, 4) is 0 Å². The van der Waals surface area contributed by atoms with Crippen LogP contribution >= 0.6 is 0 Å². The number of hydrogen-bond donors (Lipinski definition) is 2. The van der Waals surface area contributed by atoms with E-state index in [0.717, 1.165) is 17.0 Å². The van der Waals surface area contributed by atoms with Crippen molar-refractivity contribution < 1.29 is 14.3 Å². The topological polar surface area (TPSA) is 113 Å². The molecule has 0 saturated carbocycles. The molecule has 4 heterocycles. The third-order valence-electron chi connectivity index (χ3n) is 5.30. The molecule has 4 atom stereocenters. The van der Waals surface area contributed by atoms with Crippen molar-refractivity contribution in [3.63, 3.8) is 0 Å². The van der Waals surface area contributed by atoms with E-state index in [1.807, 2.05) is 26.8 Å². The van der Waals surface area contributed by atoms with E-state index in [9.17, 15) is 4.79 Å². The third kappa shape index (κ3) is 3.65. The first kappa shape index (κ1) is 19.7. The summed E-state index contributed by atoms with van der Waals surface area (Å²) in [7, 11) is 0. The molecule has 7 heteroatoms. The lowest BCUT2D eigenvalue weighted by Gasteiger charge is -2.30. The second-order valence-electron chi connectivity index (χ2n) is 7.27. The number of nitrogen functional groups attached to an aromatic ring is 2. The predicted octanol–water partition coefficient (Wildman–Crippen LogP) is 3.48. The largest absolute Gasteiger partial charge is 0.490 e. The zero-order valence-corrected chi connectivity index (χ0v) is 16.6. The average molecular weight is 382 g/mol. The number of cyclic esters (lactones) is 1. The Hall–Kier alpha value is -3.09. The van der Waals surface area contributed by atoms with Crippen LogP contribution in [0.3, 0.4) is 0 Å². The fourth-order valence-electron chi connectivity index (χ4n) is 3.25. The Morgan fingerprint density at radius 2 is 1.29 bits per heavy atom. The molecule has 0 unspecified atom stereocenters. The van der Waals surface area contributed by atoms with Gasteiger partial charge >= 0.3 is 5.97 Å². The van der Waals surface area contributed by atoms with E-state index in [0.29, 0.717) is 23.0 Å². The number of hydrogen-bond acceptors (Lipinski definition) is 7. The van der Waals surface area contributed by atoms with E-state index in [4.69, 9.17) is 20.9 Å². The fourth-order valence-corrected chi connectivity index (χ4v) is 3.25. The van der Waals surface area contributed by atoms with Crippen LogP contribution in [0.15, 0.2) is 30.8 Å². The summed E-state index contributed by atoms with van der Waals surface area (Å²) < 4.78 is 10.7. The molecule has 0 aliphatic carbocycles. The zero-order valence-electron chi connectivity index (χ0n) is 16.6. The minimum absolute atomic E-state index is 0.103. The molecule has 4 rings (SSSR count). The summed E-state index contributed by atoms with van der Waals surface area (Å²) >= 11 is 0. The van der Waals surface area contributed by atoms with Gasteiger partial charge in [0.05, 0.1) is 17.0 Å². The van der Waals surface area contributed by atoms with Gasteiger partial charge in [0.2, 0.25) is 0 Å². The summed E-state index contributed by atoms with van der Waals surface area (Å²) in [5.74, 6) is 1.75. The van der Waals surface area contributed by atoms with Gasteiger partial charge in [0.25, 0.3) is 0 Å². The summed E-state index contributed by atoms with van der Waals surface area (Å²) in [6.45, 7) is 11.8. The molecular formula is C21H26N4O3. The Morgan fingerprint density at radius 3 is 1.86 bits per heavy atom. The Kier molecular flexibility index (Phi) is 5.27. The van der Waals surface area contributed by atoms with Gasteiger partial charge in [0.1, 0.15) is 29.6 Å². The molecule has 2 aromatic heterocycles. The maximum absolute atomic E-state index is 11.4. The summed E-state index contributed by atoms with van der Waals surface area (Å²) in [4.78, 5) is 20.0.